The Labute approximate surface area is 140 Å². The first-order valence-electron chi connectivity index (χ1n) is 9.09. The van der Waals surface area contributed by atoms with Crippen molar-refractivity contribution < 1.29 is 15.0 Å². The molecule has 0 aliphatic heterocycles. The van der Waals surface area contributed by atoms with Gasteiger partial charge in [0.1, 0.15) is 0 Å². The number of unbranched alkanes of at least 4 members (excludes halogenated alkanes) is 6. The zero-order valence-corrected chi connectivity index (χ0v) is 14.7. The standard InChI is InChI=1S/C20H32O3/c1-3-5-7-8-9-10-11-17-12-14-18(15-13-17)20(23,19(21)22)16-6-4-2/h12-15,23H,3-11,16H2,1-2H3,(H,21,22). The highest BCUT2D eigenvalue weighted by Crippen LogP contribution is 2.28. The van der Waals surface area contributed by atoms with E-state index < -0.39 is 11.6 Å². The molecule has 0 bridgehead atoms. The van der Waals surface area contributed by atoms with Gasteiger partial charge in [0.25, 0.3) is 0 Å². The van der Waals surface area contributed by atoms with E-state index >= 15 is 0 Å². The first-order valence-corrected chi connectivity index (χ1v) is 9.09. The zero-order valence-electron chi connectivity index (χ0n) is 14.7. The van der Waals surface area contributed by atoms with Gasteiger partial charge in [-0.15, -0.1) is 0 Å². The first kappa shape index (κ1) is 19.7. The molecule has 1 atom stereocenters. The fourth-order valence-electron chi connectivity index (χ4n) is 2.86. The monoisotopic (exact) mass is 320 g/mol. The van der Waals surface area contributed by atoms with Crippen molar-refractivity contribution in [3.8, 4) is 0 Å². The van der Waals surface area contributed by atoms with Crippen LogP contribution < -0.4 is 0 Å². The summed E-state index contributed by atoms with van der Waals surface area (Å²) in [5, 5.41) is 19.9. The lowest BCUT2D eigenvalue weighted by Crippen LogP contribution is -2.35. The summed E-state index contributed by atoms with van der Waals surface area (Å²) in [6.45, 7) is 4.21. The van der Waals surface area contributed by atoms with Crippen LogP contribution >= 0.6 is 0 Å². The molecule has 2 N–H and O–H groups in total. The van der Waals surface area contributed by atoms with Crippen LogP contribution in [0.5, 0.6) is 0 Å². The summed E-state index contributed by atoms with van der Waals surface area (Å²) in [4.78, 5) is 11.5. The molecule has 0 amide bonds. The summed E-state index contributed by atoms with van der Waals surface area (Å²) in [5.74, 6) is -1.16. The van der Waals surface area contributed by atoms with Gasteiger partial charge >= 0.3 is 5.97 Å². The summed E-state index contributed by atoms with van der Waals surface area (Å²) in [6, 6.07) is 7.47. The van der Waals surface area contributed by atoms with Gasteiger partial charge in [-0.2, -0.15) is 0 Å². The summed E-state index contributed by atoms with van der Waals surface area (Å²) < 4.78 is 0. The van der Waals surface area contributed by atoms with E-state index in [1.807, 2.05) is 19.1 Å². The molecule has 0 aliphatic carbocycles. The molecule has 1 unspecified atom stereocenters. The minimum Gasteiger partial charge on any atom is -0.479 e. The van der Waals surface area contributed by atoms with Crippen LogP contribution in [0.15, 0.2) is 24.3 Å². The lowest BCUT2D eigenvalue weighted by molar-refractivity contribution is -0.160. The van der Waals surface area contributed by atoms with Gasteiger partial charge in [0.05, 0.1) is 0 Å². The van der Waals surface area contributed by atoms with E-state index in [1.165, 1.54) is 44.1 Å². The molecule has 1 rings (SSSR count). The van der Waals surface area contributed by atoms with Gasteiger partial charge in [-0.25, -0.2) is 4.79 Å². The summed E-state index contributed by atoms with van der Waals surface area (Å²) >= 11 is 0. The number of carboxylic acids is 1. The number of rotatable bonds is 12. The van der Waals surface area contributed by atoms with E-state index in [4.69, 9.17) is 0 Å². The maximum Gasteiger partial charge on any atom is 0.340 e. The van der Waals surface area contributed by atoms with Crippen molar-refractivity contribution in [3.05, 3.63) is 35.4 Å². The van der Waals surface area contributed by atoms with Crippen LogP contribution in [-0.4, -0.2) is 16.2 Å². The maximum absolute atomic E-state index is 11.5. The molecule has 0 fully saturated rings. The van der Waals surface area contributed by atoms with Crippen LogP contribution in [0.1, 0.15) is 82.8 Å². The van der Waals surface area contributed by atoms with E-state index in [0.717, 1.165) is 12.8 Å². The molecule has 3 nitrogen and oxygen atoms in total. The highest BCUT2D eigenvalue weighted by atomic mass is 16.4. The smallest absolute Gasteiger partial charge is 0.340 e. The average molecular weight is 320 g/mol. The molecule has 0 spiro atoms. The SMILES string of the molecule is CCCCCCCCc1ccc(C(O)(CCCC)C(=O)O)cc1. The van der Waals surface area contributed by atoms with E-state index in [0.29, 0.717) is 12.0 Å². The second kappa shape index (κ2) is 10.4. The van der Waals surface area contributed by atoms with Gasteiger partial charge in [-0.3, -0.25) is 0 Å². The molecule has 1 aromatic carbocycles. The molecule has 0 saturated carbocycles. The molecular weight excluding hydrogens is 288 g/mol. The number of aryl methyl sites for hydroxylation is 1. The number of hydrogen-bond acceptors (Lipinski definition) is 2. The van der Waals surface area contributed by atoms with E-state index in [2.05, 4.69) is 6.92 Å². The van der Waals surface area contributed by atoms with Crippen molar-refractivity contribution in [3.63, 3.8) is 0 Å². The van der Waals surface area contributed by atoms with E-state index in [1.54, 1.807) is 12.1 Å². The predicted molar refractivity (Wildman–Crippen MR) is 94.6 cm³/mol. The predicted octanol–water partition coefficient (Wildman–Crippen LogP) is 5.05. The largest absolute Gasteiger partial charge is 0.479 e. The highest BCUT2D eigenvalue weighted by Gasteiger charge is 2.37. The van der Waals surface area contributed by atoms with Crippen LogP contribution in [0.25, 0.3) is 0 Å². The molecule has 0 aromatic heterocycles. The van der Waals surface area contributed by atoms with Gasteiger partial charge < -0.3 is 10.2 Å². The minimum atomic E-state index is -1.76. The van der Waals surface area contributed by atoms with Crippen LogP contribution in [0, 0.1) is 0 Å². The molecule has 23 heavy (non-hydrogen) atoms. The highest BCUT2D eigenvalue weighted by molar-refractivity contribution is 5.79. The van der Waals surface area contributed by atoms with Crippen molar-refractivity contribution in [2.24, 2.45) is 0 Å². The van der Waals surface area contributed by atoms with Crippen molar-refractivity contribution in [1.82, 2.24) is 0 Å². The van der Waals surface area contributed by atoms with E-state index in [9.17, 15) is 15.0 Å². The minimum absolute atomic E-state index is 0.260. The Balaban J connectivity index is 2.55. The van der Waals surface area contributed by atoms with Crippen LogP contribution in [0.2, 0.25) is 0 Å². The van der Waals surface area contributed by atoms with Crippen LogP contribution in [0.3, 0.4) is 0 Å². The number of benzene rings is 1. The second-order valence-corrected chi connectivity index (χ2v) is 6.48. The molecule has 0 radical (unpaired) electrons. The zero-order chi connectivity index (χ0) is 17.1. The average Bonchev–Trinajstić information content (AvgIpc) is 2.56. The number of hydrogen-bond donors (Lipinski definition) is 2. The number of aliphatic carboxylic acids is 1. The molecule has 0 saturated heterocycles. The summed E-state index contributed by atoms with van der Waals surface area (Å²) in [5.41, 5.74) is -0.0491. The Morgan fingerprint density at radius 2 is 1.48 bits per heavy atom. The fraction of sp³-hybridized carbons (Fsp3) is 0.650. The topological polar surface area (TPSA) is 57.5 Å². The van der Waals surface area contributed by atoms with Crippen LogP contribution in [-0.2, 0) is 16.8 Å². The fourth-order valence-corrected chi connectivity index (χ4v) is 2.86. The lowest BCUT2D eigenvalue weighted by Gasteiger charge is -2.24. The molecule has 1 aromatic rings. The Kier molecular flexibility index (Phi) is 8.93. The molecule has 130 valence electrons. The van der Waals surface area contributed by atoms with Crippen molar-refractivity contribution >= 4 is 5.97 Å². The Morgan fingerprint density at radius 3 is 2.04 bits per heavy atom. The maximum atomic E-state index is 11.5. The Hall–Kier alpha value is -1.35. The Bertz CT molecular complexity index is 452. The van der Waals surface area contributed by atoms with Crippen molar-refractivity contribution in [1.29, 1.82) is 0 Å². The second-order valence-electron chi connectivity index (χ2n) is 6.48. The summed E-state index contributed by atoms with van der Waals surface area (Å²) in [7, 11) is 0. The van der Waals surface area contributed by atoms with Gasteiger partial charge in [-0.05, 0) is 36.8 Å². The lowest BCUT2D eigenvalue weighted by atomic mass is 9.88. The molecule has 0 aliphatic rings. The van der Waals surface area contributed by atoms with Crippen molar-refractivity contribution in [2.75, 3.05) is 0 Å². The van der Waals surface area contributed by atoms with Gasteiger partial charge in [0.2, 0.25) is 0 Å². The van der Waals surface area contributed by atoms with E-state index in [-0.39, 0.29) is 6.42 Å². The van der Waals surface area contributed by atoms with Crippen molar-refractivity contribution in [2.45, 2.75) is 83.7 Å². The normalized spacial score (nSPS) is 13.7. The summed E-state index contributed by atoms with van der Waals surface area (Å²) in [6.07, 6.45) is 10.5. The molecule has 0 heterocycles. The first-order chi connectivity index (χ1) is 11.0. The number of carbonyl (C=O) groups is 1. The third-order valence-corrected chi connectivity index (χ3v) is 4.50. The quantitative estimate of drug-likeness (QED) is 0.530. The number of aliphatic hydroxyl groups is 1. The molecular formula is C20H32O3. The van der Waals surface area contributed by atoms with Gasteiger partial charge in [0, 0.05) is 0 Å². The van der Waals surface area contributed by atoms with Gasteiger partial charge in [0.15, 0.2) is 5.60 Å². The third kappa shape index (κ3) is 6.34. The van der Waals surface area contributed by atoms with Crippen LogP contribution in [0.4, 0.5) is 0 Å². The Morgan fingerprint density at radius 1 is 0.913 bits per heavy atom. The van der Waals surface area contributed by atoms with Gasteiger partial charge in [-0.1, -0.05) is 76.6 Å². The molecule has 3 heteroatoms. The number of carboxylic acid groups (broad SMARTS) is 1. The third-order valence-electron chi connectivity index (χ3n) is 4.50.